The minimum atomic E-state index is -0.443. The average Bonchev–Trinajstić information content (AvgIpc) is 2.55. The van der Waals surface area contributed by atoms with Gasteiger partial charge in [0.05, 0.1) is 18.4 Å². The summed E-state index contributed by atoms with van der Waals surface area (Å²) in [7, 11) is 1.33. The van der Waals surface area contributed by atoms with E-state index in [1.807, 2.05) is 0 Å². The maximum absolute atomic E-state index is 11.7. The number of carbonyl (C=O) groups is 2. The molecule has 0 atom stereocenters. The molecule has 2 aromatic rings. The van der Waals surface area contributed by atoms with Gasteiger partial charge in [-0.25, -0.2) is 4.79 Å². The molecule has 0 radical (unpaired) electrons. The number of hydrogen-bond acceptors (Lipinski definition) is 4. The van der Waals surface area contributed by atoms with Crippen molar-refractivity contribution >= 4 is 40.5 Å². The fourth-order valence-corrected chi connectivity index (χ4v) is 2.18. The third-order valence-corrected chi connectivity index (χ3v) is 3.33. The lowest BCUT2D eigenvalue weighted by Gasteiger charge is -2.13. The van der Waals surface area contributed by atoms with Crippen LogP contribution in [-0.2, 0) is 4.74 Å². The first-order chi connectivity index (χ1) is 11.0. The summed E-state index contributed by atoms with van der Waals surface area (Å²) in [4.78, 5) is 23.0. The molecule has 0 saturated heterocycles. The van der Waals surface area contributed by atoms with Crippen molar-refractivity contribution in [3.8, 4) is 0 Å². The fraction of sp³-hybridized carbons (Fsp3) is 0.118. The van der Waals surface area contributed by atoms with Gasteiger partial charge < -0.3 is 15.4 Å². The van der Waals surface area contributed by atoms with E-state index in [4.69, 9.17) is 17.0 Å². The smallest absolute Gasteiger partial charge is 0.339 e. The molecule has 0 aliphatic carbocycles. The zero-order chi connectivity index (χ0) is 16.8. The van der Waals surface area contributed by atoms with Crippen molar-refractivity contribution in [3.05, 3.63) is 59.7 Å². The molecule has 0 spiro atoms. The van der Waals surface area contributed by atoms with Crippen LogP contribution in [-0.4, -0.2) is 24.0 Å². The molecule has 0 bridgehead atoms. The lowest BCUT2D eigenvalue weighted by Crippen LogP contribution is -2.21. The minimum Gasteiger partial charge on any atom is -0.465 e. The third kappa shape index (κ3) is 4.37. The van der Waals surface area contributed by atoms with Crippen molar-refractivity contribution < 1.29 is 14.3 Å². The number of esters is 1. The Morgan fingerprint density at radius 2 is 1.65 bits per heavy atom. The summed E-state index contributed by atoms with van der Waals surface area (Å²) >= 11 is 5.24. The number of benzene rings is 2. The number of carbonyl (C=O) groups excluding carboxylic acids is 2. The average molecular weight is 328 g/mol. The predicted octanol–water partition coefficient (Wildman–Crippen LogP) is 3.48. The quantitative estimate of drug-likeness (QED) is 0.509. The van der Waals surface area contributed by atoms with Crippen LogP contribution in [0.25, 0.3) is 0 Å². The number of ketones is 1. The molecule has 0 fully saturated rings. The van der Waals surface area contributed by atoms with Crippen molar-refractivity contribution in [1.82, 2.24) is 0 Å². The van der Waals surface area contributed by atoms with Gasteiger partial charge in [0.15, 0.2) is 10.9 Å². The summed E-state index contributed by atoms with van der Waals surface area (Å²) in [6.07, 6.45) is 0. The molecule has 0 saturated carbocycles. The van der Waals surface area contributed by atoms with E-state index in [2.05, 4.69) is 10.6 Å². The Hall–Kier alpha value is -2.73. The highest BCUT2D eigenvalue weighted by atomic mass is 32.1. The van der Waals surface area contributed by atoms with Gasteiger partial charge in [0.25, 0.3) is 0 Å². The summed E-state index contributed by atoms with van der Waals surface area (Å²) in [6.45, 7) is 1.51. The Bertz CT molecular complexity index is 742. The Labute approximate surface area is 139 Å². The van der Waals surface area contributed by atoms with Crippen molar-refractivity contribution in [2.45, 2.75) is 6.92 Å². The van der Waals surface area contributed by atoms with E-state index in [1.54, 1.807) is 48.5 Å². The molecular weight excluding hydrogens is 312 g/mol. The number of rotatable bonds is 4. The molecule has 5 nitrogen and oxygen atoms in total. The molecule has 0 amide bonds. The van der Waals surface area contributed by atoms with Gasteiger partial charge >= 0.3 is 5.97 Å². The van der Waals surface area contributed by atoms with Gasteiger partial charge in [-0.3, -0.25) is 4.79 Å². The Kier molecular flexibility index (Phi) is 5.43. The van der Waals surface area contributed by atoms with Crippen molar-refractivity contribution in [2.24, 2.45) is 0 Å². The van der Waals surface area contributed by atoms with E-state index < -0.39 is 5.97 Å². The molecule has 0 unspecified atom stereocenters. The first kappa shape index (κ1) is 16.6. The summed E-state index contributed by atoms with van der Waals surface area (Å²) in [5, 5.41) is 6.29. The third-order valence-electron chi connectivity index (χ3n) is 3.13. The number of anilines is 2. The number of Topliss-reactive ketones (excluding diaryl/α,β-unsaturated/α-hetero) is 1. The monoisotopic (exact) mass is 328 g/mol. The van der Waals surface area contributed by atoms with Gasteiger partial charge in [-0.1, -0.05) is 12.1 Å². The maximum Gasteiger partial charge on any atom is 0.339 e. The van der Waals surface area contributed by atoms with Crippen LogP contribution >= 0.6 is 12.2 Å². The molecule has 2 N–H and O–H groups in total. The molecule has 0 aliphatic rings. The normalized spacial score (nSPS) is 9.83. The Morgan fingerprint density at radius 1 is 1.00 bits per heavy atom. The van der Waals surface area contributed by atoms with Gasteiger partial charge in [0, 0.05) is 11.3 Å². The van der Waals surface area contributed by atoms with E-state index >= 15 is 0 Å². The second-order valence-electron chi connectivity index (χ2n) is 4.75. The summed E-state index contributed by atoms with van der Waals surface area (Å²) in [5.74, 6) is -0.439. The highest BCUT2D eigenvalue weighted by Gasteiger charge is 2.11. The fourth-order valence-electron chi connectivity index (χ4n) is 1.95. The van der Waals surface area contributed by atoms with Crippen LogP contribution in [0.15, 0.2) is 48.5 Å². The summed E-state index contributed by atoms with van der Waals surface area (Å²) in [6, 6.07) is 13.9. The molecule has 2 rings (SSSR count). The first-order valence-electron chi connectivity index (χ1n) is 6.87. The van der Waals surface area contributed by atoms with E-state index in [0.717, 1.165) is 5.69 Å². The van der Waals surface area contributed by atoms with E-state index in [0.29, 0.717) is 21.9 Å². The van der Waals surface area contributed by atoms with E-state index in [-0.39, 0.29) is 5.78 Å². The number of methoxy groups -OCH3 is 1. The second kappa shape index (κ2) is 7.51. The number of nitrogens with one attached hydrogen (secondary N) is 2. The molecule has 0 aromatic heterocycles. The number of hydrogen-bond donors (Lipinski definition) is 2. The molecule has 6 heteroatoms. The lowest BCUT2D eigenvalue weighted by molar-refractivity contribution is 0.0601. The minimum absolute atomic E-state index is 0.00394. The van der Waals surface area contributed by atoms with Crippen LogP contribution < -0.4 is 10.6 Å². The topological polar surface area (TPSA) is 67.4 Å². The molecular formula is C17H16N2O3S. The standard InChI is InChI=1S/C17H16N2O3S/c1-11(20)12-7-9-13(10-8-12)18-17(23)19-15-6-4-3-5-14(15)16(21)22-2/h3-10H,1-2H3,(H2,18,19,23). The van der Waals surface area contributed by atoms with Gasteiger partial charge in [-0.15, -0.1) is 0 Å². The number of thiocarbonyl (C=S) groups is 1. The van der Waals surface area contributed by atoms with Gasteiger partial charge in [-0.05, 0) is 55.5 Å². The predicted molar refractivity (Wildman–Crippen MR) is 94.1 cm³/mol. The summed E-state index contributed by atoms with van der Waals surface area (Å²) in [5.41, 5.74) is 2.32. The summed E-state index contributed by atoms with van der Waals surface area (Å²) < 4.78 is 4.74. The van der Waals surface area contributed by atoms with Gasteiger partial charge in [0.1, 0.15) is 0 Å². The maximum atomic E-state index is 11.7. The van der Waals surface area contributed by atoms with Crippen molar-refractivity contribution in [1.29, 1.82) is 0 Å². The van der Waals surface area contributed by atoms with Crippen LogP contribution in [0.4, 0.5) is 11.4 Å². The molecule has 0 aliphatic heterocycles. The lowest BCUT2D eigenvalue weighted by atomic mass is 10.1. The van der Waals surface area contributed by atoms with Gasteiger partial charge in [0.2, 0.25) is 0 Å². The number of para-hydroxylation sites is 1. The first-order valence-corrected chi connectivity index (χ1v) is 7.28. The Morgan fingerprint density at radius 3 is 2.26 bits per heavy atom. The SMILES string of the molecule is COC(=O)c1ccccc1NC(=S)Nc1ccc(C(C)=O)cc1. The highest BCUT2D eigenvalue weighted by molar-refractivity contribution is 7.80. The largest absolute Gasteiger partial charge is 0.465 e. The van der Waals surface area contributed by atoms with Gasteiger partial charge in [-0.2, -0.15) is 0 Å². The van der Waals surface area contributed by atoms with Crippen LogP contribution in [0.5, 0.6) is 0 Å². The van der Waals surface area contributed by atoms with Crippen molar-refractivity contribution in [3.63, 3.8) is 0 Å². The zero-order valence-corrected chi connectivity index (χ0v) is 13.6. The highest BCUT2D eigenvalue weighted by Crippen LogP contribution is 2.17. The molecule has 23 heavy (non-hydrogen) atoms. The molecule has 0 heterocycles. The van der Waals surface area contributed by atoms with Crippen molar-refractivity contribution in [2.75, 3.05) is 17.7 Å². The van der Waals surface area contributed by atoms with E-state index in [9.17, 15) is 9.59 Å². The van der Waals surface area contributed by atoms with Crippen LogP contribution in [0.1, 0.15) is 27.6 Å². The van der Waals surface area contributed by atoms with E-state index in [1.165, 1.54) is 14.0 Å². The molecule has 2 aromatic carbocycles. The molecule has 118 valence electrons. The van der Waals surface area contributed by atoms with Crippen LogP contribution in [0.2, 0.25) is 0 Å². The van der Waals surface area contributed by atoms with Crippen LogP contribution in [0, 0.1) is 0 Å². The second-order valence-corrected chi connectivity index (χ2v) is 5.16. The van der Waals surface area contributed by atoms with Crippen LogP contribution in [0.3, 0.4) is 0 Å². The zero-order valence-electron chi connectivity index (χ0n) is 12.8. The Balaban J connectivity index is 2.08. The number of ether oxygens (including phenoxy) is 1.